The molecule has 2 unspecified atom stereocenters. The number of carbonyl (C=O) groups is 1. The molecule has 0 aliphatic heterocycles. The molecule has 2 atom stereocenters. The Labute approximate surface area is 60.4 Å². The molecule has 1 saturated carbocycles. The predicted octanol–water partition coefficient (Wildman–Crippen LogP) is 0.784. The highest BCUT2D eigenvalue weighted by Gasteiger charge is 2.44. The molecule has 58 valence electrons. The first-order chi connectivity index (χ1) is 4.66. The van der Waals surface area contributed by atoms with Crippen molar-refractivity contribution in [1.29, 1.82) is 0 Å². The molecular weight excluding hydrogens is 130 g/mol. The quantitative estimate of drug-likeness (QED) is 0.443. The topological polar surface area (TPSA) is 49.3 Å². The molecule has 3 nitrogen and oxygen atoms in total. The predicted molar refractivity (Wildman–Crippen MR) is 36.4 cm³/mol. The molecule has 1 aliphatic rings. The van der Waals surface area contributed by atoms with Gasteiger partial charge in [0.25, 0.3) is 0 Å². The lowest BCUT2D eigenvalue weighted by atomic mass is 10.1. The molecule has 3 heteroatoms. The SMILES string of the molecule is CC(C)C1CC1C(=O)NO. The Morgan fingerprint density at radius 3 is 2.60 bits per heavy atom. The monoisotopic (exact) mass is 143 g/mol. The third-order valence-electron chi connectivity index (χ3n) is 2.14. The van der Waals surface area contributed by atoms with Crippen LogP contribution in [-0.2, 0) is 4.79 Å². The maximum Gasteiger partial charge on any atom is 0.246 e. The van der Waals surface area contributed by atoms with Crippen LogP contribution < -0.4 is 5.48 Å². The van der Waals surface area contributed by atoms with Crippen molar-refractivity contribution in [3.05, 3.63) is 0 Å². The number of nitrogens with one attached hydrogen (secondary N) is 1. The summed E-state index contributed by atoms with van der Waals surface area (Å²) >= 11 is 0. The molecule has 0 radical (unpaired) electrons. The zero-order valence-corrected chi connectivity index (χ0v) is 6.29. The van der Waals surface area contributed by atoms with Crippen LogP contribution in [0.5, 0.6) is 0 Å². The van der Waals surface area contributed by atoms with Crippen molar-refractivity contribution in [3.63, 3.8) is 0 Å². The zero-order valence-electron chi connectivity index (χ0n) is 6.29. The smallest absolute Gasteiger partial charge is 0.246 e. The maximum atomic E-state index is 10.7. The first kappa shape index (κ1) is 7.54. The molecule has 1 amide bonds. The second-order valence-electron chi connectivity index (χ2n) is 3.23. The summed E-state index contributed by atoms with van der Waals surface area (Å²) in [5.74, 6) is 0.901. The molecule has 0 aromatic carbocycles. The van der Waals surface area contributed by atoms with Crippen LogP contribution in [0.3, 0.4) is 0 Å². The van der Waals surface area contributed by atoms with Crippen LogP contribution in [-0.4, -0.2) is 11.1 Å². The summed E-state index contributed by atoms with van der Waals surface area (Å²) in [6.45, 7) is 4.19. The minimum Gasteiger partial charge on any atom is -0.289 e. The lowest BCUT2D eigenvalue weighted by molar-refractivity contribution is -0.130. The van der Waals surface area contributed by atoms with E-state index in [1.54, 1.807) is 5.48 Å². The molecule has 2 N–H and O–H groups in total. The van der Waals surface area contributed by atoms with Gasteiger partial charge in [0.15, 0.2) is 0 Å². The normalized spacial score (nSPS) is 30.4. The van der Waals surface area contributed by atoms with Gasteiger partial charge in [-0.3, -0.25) is 10.0 Å². The third kappa shape index (κ3) is 1.29. The highest BCUT2D eigenvalue weighted by molar-refractivity contribution is 5.80. The van der Waals surface area contributed by atoms with E-state index in [2.05, 4.69) is 13.8 Å². The Balaban J connectivity index is 2.31. The van der Waals surface area contributed by atoms with Gasteiger partial charge in [-0.05, 0) is 18.3 Å². The van der Waals surface area contributed by atoms with Crippen LogP contribution in [0.4, 0.5) is 0 Å². The molecule has 0 spiro atoms. The molecule has 10 heavy (non-hydrogen) atoms. The summed E-state index contributed by atoms with van der Waals surface area (Å²) in [6.07, 6.45) is 0.935. The molecule has 0 bridgehead atoms. The van der Waals surface area contributed by atoms with Gasteiger partial charge < -0.3 is 0 Å². The van der Waals surface area contributed by atoms with Gasteiger partial charge in [0.1, 0.15) is 0 Å². The van der Waals surface area contributed by atoms with E-state index < -0.39 is 0 Å². The summed E-state index contributed by atoms with van der Waals surface area (Å²) in [7, 11) is 0. The van der Waals surface area contributed by atoms with E-state index in [1.807, 2.05) is 0 Å². The highest BCUT2D eigenvalue weighted by Crippen LogP contribution is 2.43. The number of amides is 1. The summed E-state index contributed by atoms with van der Waals surface area (Å²) in [5, 5.41) is 8.25. The minimum atomic E-state index is -0.223. The first-order valence-corrected chi connectivity index (χ1v) is 3.60. The van der Waals surface area contributed by atoms with Crippen LogP contribution in [0.2, 0.25) is 0 Å². The molecule has 0 heterocycles. The van der Waals surface area contributed by atoms with Crippen LogP contribution >= 0.6 is 0 Å². The lowest BCUT2D eigenvalue weighted by Gasteiger charge is -2.00. The molecule has 0 aromatic heterocycles. The fraction of sp³-hybridized carbons (Fsp3) is 0.857. The van der Waals surface area contributed by atoms with Crippen LogP contribution in [0, 0.1) is 17.8 Å². The van der Waals surface area contributed by atoms with E-state index in [0.717, 1.165) is 6.42 Å². The van der Waals surface area contributed by atoms with E-state index in [9.17, 15) is 4.79 Å². The number of carbonyl (C=O) groups excluding carboxylic acids is 1. The Hall–Kier alpha value is -0.570. The van der Waals surface area contributed by atoms with Crippen LogP contribution in [0.25, 0.3) is 0 Å². The van der Waals surface area contributed by atoms with Crippen molar-refractivity contribution >= 4 is 5.91 Å². The number of hydroxylamine groups is 1. The van der Waals surface area contributed by atoms with Crippen LogP contribution in [0.15, 0.2) is 0 Å². The van der Waals surface area contributed by atoms with E-state index in [-0.39, 0.29) is 11.8 Å². The summed E-state index contributed by atoms with van der Waals surface area (Å²) in [6, 6.07) is 0. The molecular formula is C7H13NO2. The van der Waals surface area contributed by atoms with E-state index in [1.165, 1.54) is 0 Å². The molecule has 1 fully saturated rings. The fourth-order valence-corrected chi connectivity index (χ4v) is 1.34. The van der Waals surface area contributed by atoms with Gasteiger partial charge >= 0.3 is 0 Å². The molecule has 0 aromatic rings. The average Bonchev–Trinajstić information content (AvgIpc) is 2.64. The first-order valence-electron chi connectivity index (χ1n) is 3.60. The lowest BCUT2D eigenvalue weighted by Crippen LogP contribution is -2.21. The average molecular weight is 143 g/mol. The Morgan fingerprint density at radius 2 is 2.30 bits per heavy atom. The van der Waals surface area contributed by atoms with Gasteiger partial charge in [-0.25, -0.2) is 5.48 Å². The van der Waals surface area contributed by atoms with Crippen molar-refractivity contribution in [3.8, 4) is 0 Å². The van der Waals surface area contributed by atoms with Gasteiger partial charge in [0.05, 0.1) is 0 Å². The van der Waals surface area contributed by atoms with Crippen molar-refractivity contribution in [2.75, 3.05) is 0 Å². The molecule has 1 aliphatic carbocycles. The second-order valence-corrected chi connectivity index (χ2v) is 3.23. The van der Waals surface area contributed by atoms with Crippen LogP contribution in [0.1, 0.15) is 20.3 Å². The van der Waals surface area contributed by atoms with Crippen molar-refractivity contribution in [2.45, 2.75) is 20.3 Å². The Kier molecular flexibility index (Phi) is 1.94. The van der Waals surface area contributed by atoms with Crippen molar-refractivity contribution < 1.29 is 10.0 Å². The van der Waals surface area contributed by atoms with Gasteiger partial charge in [0.2, 0.25) is 5.91 Å². The van der Waals surface area contributed by atoms with Gasteiger partial charge in [-0.15, -0.1) is 0 Å². The largest absolute Gasteiger partial charge is 0.289 e. The number of hydrogen-bond donors (Lipinski definition) is 2. The number of rotatable bonds is 2. The summed E-state index contributed by atoms with van der Waals surface area (Å²) in [5.41, 5.74) is 1.67. The molecule has 1 rings (SSSR count). The maximum absolute atomic E-state index is 10.7. The third-order valence-corrected chi connectivity index (χ3v) is 2.14. The van der Waals surface area contributed by atoms with E-state index in [4.69, 9.17) is 5.21 Å². The van der Waals surface area contributed by atoms with E-state index in [0.29, 0.717) is 11.8 Å². The molecule has 0 saturated heterocycles. The van der Waals surface area contributed by atoms with Crippen molar-refractivity contribution in [2.24, 2.45) is 17.8 Å². The minimum absolute atomic E-state index is 0.0741. The van der Waals surface area contributed by atoms with Gasteiger partial charge in [-0.1, -0.05) is 13.8 Å². The zero-order chi connectivity index (χ0) is 7.72. The summed E-state index contributed by atoms with van der Waals surface area (Å²) < 4.78 is 0. The van der Waals surface area contributed by atoms with E-state index >= 15 is 0 Å². The fourth-order valence-electron chi connectivity index (χ4n) is 1.34. The van der Waals surface area contributed by atoms with Gasteiger partial charge in [-0.2, -0.15) is 0 Å². The Bertz CT molecular complexity index is 145. The Morgan fingerprint density at radius 1 is 1.70 bits per heavy atom. The standard InChI is InChI=1S/C7H13NO2/c1-4(2)5-3-6(5)7(9)8-10/h4-6,10H,3H2,1-2H3,(H,8,9). The second kappa shape index (κ2) is 2.58. The number of hydrogen-bond acceptors (Lipinski definition) is 2. The van der Waals surface area contributed by atoms with Gasteiger partial charge in [0, 0.05) is 5.92 Å². The highest BCUT2D eigenvalue weighted by atomic mass is 16.5. The summed E-state index contributed by atoms with van der Waals surface area (Å²) in [4.78, 5) is 10.7. The van der Waals surface area contributed by atoms with Crippen molar-refractivity contribution in [1.82, 2.24) is 5.48 Å².